The van der Waals surface area contributed by atoms with Crippen LogP contribution in [0, 0.1) is 0 Å². The lowest BCUT2D eigenvalue weighted by molar-refractivity contribution is -0.125. The Hall–Kier alpha value is -4.79. The summed E-state index contributed by atoms with van der Waals surface area (Å²) in [5.74, 6) is 0.754. The number of aromatic nitrogens is 1. The molecule has 204 valence electrons. The predicted molar refractivity (Wildman–Crippen MR) is 151 cm³/mol. The lowest BCUT2D eigenvalue weighted by Gasteiger charge is -2.35. The highest BCUT2D eigenvalue weighted by molar-refractivity contribution is 6.25. The number of ether oxygens (including phenoxy) is 2. The molecule has 0 bridgehead atoms. The summed E-state index contributed by atoms with van der Waals surface area (Å²) in [4.78, 5) is 47.3. The molecule has 0 saturated carbocycles. The van der Waals surface area contributed by atoms with E-state index in [0.29, 0.717) is 31.6 Å². The highest BCUT2D eigenvalue weighted by atomic mass is 16.5. The Bertz CT molecular complexity index is 1640. The van der Waals surface area contributed by atoms with Crippen molar-refractivity contribution < 1.29 is 23.9 Å². The molecule has 0 aliphatic carbocycles. The number of amides is 4. The molecule has 0 radical (unpaired) electrons. The van der Waals surface area contributed by atoms with Crippen LogP contribution in [0.2, 0.25) is 0 Å². The molecule has 4 amide bonds. The Labute approximate surface area is 231 Å². The van der Waals surface area contributed by atoms with Crippen LogP contribution < -0.4 is 19.7 Å². The van der Waals surface area contributed by atoms with Crippen molar-refractivity contribution >= 4 is 34.4 Å². The molecule has 2 aliphatic rings. The fraction of sp³-hybridized carbons (Fsp3) is 0.258. The Morgan fingerprint density at radius 1 is 1.00 bits per heavy atom. The minimum atomic E-state index is -1.23. The first kappa shape index (κ1) is 25.5. The zero-order chi connectivity index (χ0) is 28.0. The number of rotatable bonds is 7. The lowest BCUT2D eigenvalue weighted by atomic mass is 9.87. The second kappa shape index (κ2) is 9.75. The third-order valence-electron chi connectivity index (χ3n) is 8.01. The second-order valence-electron chi connectivity index (χ2n) is 10.2. The van der Waals surface area contributed by atoms with Crippen LogP contribution in [-0.4, -0.2) is 55.0 Å². The van der Waals surface area contributed by atoms with Gasteiger partial charge in [0, 0.05) is 24.0 Å². The molecule has 2 N–H and O–H groups in total. The van der Waals surface area contributed by atoms with E-state index in [1.165, 1.54) is 0 Å². The molecule has 1 unspecified atom stereocenters. The number of carbonyl (C=O) groups is 3. The van der Waals surface area contributed by atoms with Gasteiger partial charge in [-0.1, -0.05) is 24.3 Å². The molecule has 3 heterocycles. The summed E-state index contributed by atoms with van der Waals surface area (Å²) in [5, 5.41) is 3.91. The molecule has 1 atom stereocenters. The first-order chi connectivity index (χ1) is 19.4. The fourth-order valence-corrected chi connectivity index (χ4v) is 5.83. The molecule has 6 rings (SSSR count). The molecule has 3 aromatic carbocycles. The molecule has 4 aromatic rings. The number of hydrogen-bond acceptors (Lipinski definition) is 5. The van der Waals surface area contributed by atoms with Gasteiger partial charge in [0.1, 0.15) is 11.5 Å². The summed E-state index contributed by atoms with van der Waals surface area (Å²) in [5.41, 5.74) is 2.94. The number of nitrogens with one attached hydrogen (secondary N) is 2. The van der Waals surface area contributed by atoms with Crippen LogP contribution in [0.15, 0.2) is 66.7 Å². The van der Waals surface area contributed by atoms with Gasteiger partial charge in [-0.3, -0.25) is 9.59 Å². The highest BCUT2D eigenvalue weighted by Crippen LogP contribution is 2.46. The number of carbonyl (C=O) groups excluding carboxylic acids is 3. The first-order valence-corrected chi connectivity index (χ1v) is 13.2. The number of hydrogen-bond donors (Lipinski definition) is 2. The van der Waals surface area contributed by atoms with Gasteiger partial charge in [0.2, 0.25) is 0 Å². The van der Waals surface area contributed by atoms with Gasteiger partial charge >= 0.3 is 6.03 Å². The number of methoxy groups -OCH3 is 2. The van der Waals surface area contributed by atoms with E-state index in [9.17, 15) is 14.4 Å². The summed E-state index contributed by atoms with van der Waals surface area (Å²) in [6, 6.07) is 19.7. The van der Waals surface area contributed by atoms with Crippen molar-refractivity contribution in [1.82, 2.24) is 15.2 Å². The lowest BCUT2D eigenvalue weighted by Crippen LogP contribution is -2.49. The number of fused-ring (bicyclic) bond motifs is 5. The maximum absolute atomic E-state index is 14.1. The van der Waals surface area contributed by atoms with Gasteiger partial charge in [-0.05, 0) is 73.4 Å². The number of benzene rings is 3. The summed E-state index contributed by atoms with van der Waals surface area (Å²) in [6.45, 7) is 2.55. The van der Waals surface area contributed by atoms with Crippen molar-refractivity contribution in [3.8, 4) is 11.5 Å². The molecular weight excluding hydrogens is 508 g/mol. The zero-order valence-electron chi connectivity index (χ0n) is 22.6. The molecule has 1 aromatic heterocycles. The topological polar surface area (TPSA) is 104 Å². The summed E-state index contributed by atoms with van der Waals surface area (Å²) >= 11 is 0. The van der Waals surface area contributed by atoms with Crippen molar-refractivity contribution in [3.05, 3.63) is 89.1 Å². The third-order valence-corrected chi connectivity index (χ3v) is 8.01. The van der Waals surface area contributed by atoms with Crippen LogP contribution >= 0.6 is 0 Å². The number of imide groups is 1. The molecule has 0 spiro atoms. The van der Waals surface area contributed by atoms with Gasteiger partial charge in [0.25, 0.3) is 11.8 Å². The summed E-state index contributed by atoms with van der Waals surface area (Å²) in [7, 11) is 3.23. The zero-order valence-corrected chi connectivity index (χ0v) is 22.6. The number of anilines is 1. The van der Waals surface area contributed by atoms with E-state index in [1.54, 1.807) is 50.3 Å². The van der Waals surface area contributed by atoms with Crippen molar-refractivity contribution in [2.45, 2.75) is 25.3 Å². The molecule has 9 nitrogen and oxygen atoms in total. The molecular formula is C31H30N4O5. The standard InChI is InChI=1S/C31H30N4O5/c1-31-27-22(24-18-21(40-3)12-13-25(24)33-27)15-17-34(31)30(38)35(29(31)37)26-7-5-4-6-23(26)28(36)32-16-14-19-8-10-20(39-2)11-9-19/h4-13,18,33H,14-17H2,1-3H3,(H,32,36). The van der Waals surface area contributed by atoms with Crippen LogP contribution in [0.25, 0.3) is 10.9 Å². The maximum atomic E-state index is 14.1. The quantitative estimate of drug-likeness (QED) is 0.340. The largest absolute Gasteiger partial charge is 0.497 e. The van der Waals surface area contributed by atoms with Gasteiger partial charge < -0.3 is 24.7 Å². The molecule has 9 heteroatoms. The van der Waals surface area contributed by atoms with Crippen molar-refractivity contribution in [1.29, 1.82) is 0 Å². The van der Waals surface area contributed by atoms with Crippen LogP contribution in [-0.2, 0) is 23.2 Å². The van der Waals surface area contributed by atoms with E-state index >= 15 is 0 Å². The normalized spacial score (nSPS) is 18.1. The Morgan fingerprint density at radius 3 is 2.48 bits per heavy atom. The van der Waals surface area contributed by atoms with Gasteiger partial charge in [-0.25, -0.2) is 9.69 Å². The Kier molecular flexibility index (Phi) is 6.21. The van der Waals surface area contributed by atoms with E-state index in [1.807, 2.05) is 42.5 Å². The monoisotopic (exact) mass is 538 g/mol. The van der Waals surface area contributed by atoms with Crippen molar-refractivity contribution in [2.75, 3.05) is 32.2 Å². The second-order valence-corrected chi connectivity index (χ2v) is 10.2. The van der Waals surface area contributed by atoms with Crippen molar-refractivity contribution in [2.24, 2.45) is 0 Å². The minimum absolute atomic E-state index is 0.268. The number of para-hydroxylation sites is 1. The van der Waals surface area contributed by atoms with Crippen LogP contribution in [0.1, 0.15) is 34.1 Å². The van der Waals surface area contributed by atoms with Crippen LogP contribution in [0.3, 0.4) is 0 Å². The number of H-pyrrole nitrogens is 1. The molecule has 2 aliphatic heterocycles. The number of aromatic amines is 1. The molecule has 1 saturated heterocycles. The van der Waals surface area contributed by atoms with E-state index in [-0.39, 0.29) is 17.2 Å². The minimum Gasteiger partial charge on any atom is -0.497 e. The van der Waals surface area contributed by atoms with E-state index < -0.39 is 17.5 Å². The maximum Gasteiger partial charge on any atom is 0.332 e. The van der Waals surface area contributed by atoms with Crippen LogP contribution in [0.4, 0.5) is 10.5 Å². The highest BCUT2D eigenvalue weighted by Gasteiger charge is 2.59. The van der Waals surface area contributed by atoms with E-state index in [2.05, 4.69) is 10.3 Å². The average Bonchev–Trinajstić information content (AvgIpc) is 3.45. The average molecular weight is 539 g/mol. The number of nitrogens with zero attached hydrogens (tertiary/aromatic N) is 2. The summed E-state index contributed by atoms with van der Waals surface area (Å²) in [6.07, 6.45) is 1.22. The van der Waals surface area contributed by atoms with Gasteiger partial charge in [-0.15, -0.1) is 0 Å². The van der Waals surface area contributed by atoms with Gasteiger partial charge in [0.05, 0.1) is 31.2 Å². The Balaban J connectivity index is 1.28. The summed E-state index contributed by atoms with van der Waals surface area (Å²) < 4.78 is 10.6. The SMILES string of the molecule is COc1ccc(CCNC(=O)c2ccccc2N2C(=O)N3CCc4c([nH]c5ccc(OC)cc45)C3(C)C2=O)cc1. The molecule has 40 heavy (non-hydrogen) atoms. The van der Waals surface area contributed by atoms with Crippen molar-refractivity contribution in [3.63, 3.8) is 0 Å². The fourth-order valence-electron chi connectivity index (χ4n) is 5.83. The third kappa shape index (κ3) is 3.88. The van der Waals surface area contributed by atoms with E-state index in [0.717, 1.165) is 38.4 Å². The first-order valence-electron chi connectivity index (χ1n) is 13.2. The number of urea groups is 1. The smallest absolute Gasteiger partial charge is 0.332 e. The Morgan fingerprint density at radius 2 is 1.73 bits per heavy atom. The van der Waals surface area contributed by atoms with E-state index in [4.69, 9.17) is 9.47 Å². The predicted octanol–water partition coefficient (Wildman–Crippen LogP) is 4.40. The van der Waals surface area contributed by atoms with Gasteiger partial charge in [-0.2, -0.15) is 0 Å². The molecule has 1 fully saturated rings. The van der Waals surface area contributed by atoms with Crippen LogP contribution in [0.5, 0.6) is 11.5 Å². The van der Waals surface area contributed by atoms with Gasteiger partial charge in [0.15, 0.2) is 5.54 Å².